The van der Waals surface area contributed by atoms with Gasteiger partial charge in [-0.2, -0.15) is 0 Å². The van der Waals surface area contributed by atoms with Crippen molar-refractivity contribution in [3.63, 3.8) is 0 Å². The van der Waals surface area contributed by atoms with E-state index in [0.717, 1.165) is 33.2 Å². The van der Waals surface area contributed by atoms with Gasteiger partial charge in [0.25, 0.3) is 0 Å². The summed E-state index contributed by atoms with van der Waals surface area (Å²) in [4.78, 5) is 10.9. The van der Waals surface area contributed by atoms with E-state index in [0.29, 0.717) is 5.84 Å². The molecule has 4 aromatic rings. The Labute approximate surface area is 155 Å². The third kappa shape index (κ3) is 2.38. The maximum atomic E-state index is 6.57. The molecule has 1 unspecified atom stereocenters. The Kier molecular flexibility index (Phi) is 3.50. The predicted molar refractivity (Wildman–Crippen MR) is 107 cm³/mol. The van der Waals surface area contributed by atoms with Gasteiger partial charge in [0, 0.05) is 16.3 Å². The lowest BCUT2D eigenvalue weighted by molar-refractivity contribution is 0.667. The standard InChI is InChI=1S/C21H14ClN3O/c22-21-24-20(14-7-2-1-3-8-14)23-13-25(21)17-11-6-10-16-15-9-4-5-12-18(15)26-19(16)17/h1-13,21H. The fraction of sp³-hybridized carbons (Fsp3) is 0.0476. The monoisotopic (exact) mass is 359 g/mol. The highest BCUT2D eigenvalue weighted by molar-refractivity contribution is 6.26. The number of rotatable bonds is 2. The lowest BCUT2D eigenvalue weighted by Gasteiger charge is -2.25. The second-order valence-electron chi connectivity index (χ2n) is 6.03. The van der Waals surface area contributed by atoms with E-state index < -0.39 is 5.62 Å². The number of nitrogens with zero attached hydrogens (tertiary/aromatic N) is 3. The van der Waals surface area contributed by atoms with Gasteiger partial charge in [-0.25, -0.2) is 9.98 Å². The zero-order valence-electron chi connectivity index (χ0n) is 13.7. The van der Waals surface area contributed by atoms with Crippen LogP contribution in [0.5, 0.6) is 0 Å². The quantitative estimate of drug-likeness (QED) is 0.355. The maximum absolute atomic E-state index is 6.57. The van der Waals surface area contributed by atoms with E-state index in [9.17, 15) is 0 Å². The molecule has 0 N–H and O–H groups in total. The van der Waals surface area contributed by atoms with Crippen molar-refractivity contribution in [3.05, 3.63) is 78.4 Å². The highest BCUT2D eigenvalue weighted by Crippen LogP contribution is 2.36. The first-order valence-electron chi connectivity index (χ1n) is 8.31. The van der Waals surface area contributed by atoms with E-state index in [2.05, 4.69) is 16.1 Å². The van der Waals surface area contributed by atoms with Crippen LogP contribution in [0.3, 0.4) is 0 Å². The van der Waals surface area contributed by atoms with Crippen LogP contribution in [0, 0.1) is 0 Å². The van der Waals surface area contributed by atoms with Crippen molar-refractivity contribution in [3.8, 4) is 0 Å². The summed E-state index contributed by atoms with van der Waals surface area (Å²) in [5.41, 5.74) is 2.82. The van der Waals surface area contributed by atoms with Gasteiger partial charge in [-0.3, -0.25) is 4.90 Å². The van der Waals surface area contributed by atoms with Crippen molar-refractivity contribution in [1.82, 2.24) is 0 Å². The Morgan fingerprint density at radius 3 is 2.46 bits per heavy atom. The van der Waals surface area contributed by atoms with Gasteiger partial charge >= 0.3 is 0 Å². The lowest BCUT2D eigenvalue weighted by Crippen LogP contribution is -2.33. The van der Waals surface area contributed by atoms with Crippen LogP contribution in [0.15, 0.2) is 87.2 Å². The molecule has 5 heteroatoms. The highest BCUT2D eigenvalue weighted by Gasteiger charge is 2.23. The van der Waals surface area contributed by atoms with Crippen LogP contribution < -0.4 is 4.90 Å². The fourth-order valence-electron chi connectivity index (χ4n) is 3.22. The number of fused-ring (bicyclic) bond motifs is 3. The van der Waals surface area contributed by atoms with Gasteiger partial charge in [0.15, 0.2) is 11.4 Å². The average molecular weight is 360 g/mol. The molecule has 0 saturated heterocycles. The minimum Gasteiger partial charge on any atom is -0.454 e. The third-order valence-corrected chi connectivity index (χ3v) is 4.76. The number of amidine groups is 1. The topological polar surface area (TPSA) is 41.1 Å². The highest BCUT2D eigenvalue weighted by atomic mass is 35.5. The molecule has 1 aromatic heterocycles. The first kappa shape index (κ1) is 15.2. The Balaban J connectivity index is 1.59. The smallest absolute Gasteiger partial charge is 0.205 e. The number of hydrogen-bond donors (Lipinski definition) is 0. The Morgan fingerprint density at radius 1 is 0.846 bits per heavy atom. The molecule has 2 heterocycles. The van der Waals surface area contributed by atoms with Crippen LogP contribution in [0.1, 0.15) is 5.56 Å². The van der Waals surface area contributed by atoms with E-state index in [4.69, 9.17) is 16.0 Å². The van der Waals surface area contributed by atoms with Crippen LogP contribution >= 0.6 is 11.6 Å². The zero-order valence-corrected chi connectivity index (χ0v) is 14.5. The second kappa shape index (κ2) is 6.00. The number of para-hydroxylation sites is 2. The van der Waals surface area contributed by atoms with Crippen molar-refractivity contribution in [2.24, 2.45) is 9.98 Å². The minimum atomic E-state index is -0.596. The first-order valence-corrected chi connectivity index (χ1v) is 8.75. The molecule has 3 aromatic carbocycles. The lowest BCUT2D eigenvalue weighted by atomic mass is 10.1. The second-order valence-corrected chi connectivity index (χ2v) is 6.42. The summed E-state index contributed by atoms with van der Waals surface area (Å²) in [7, 11) is 0. The number of anilines is 1. The Bertz CT molecular complexity index is 1160. The third-order valence-electron chi connectivity index (χ3n) is 4.46. The predicted octanol–water partition coefficient (Wildman–Crippen LogP) is 5.40. The molecule has 1 aliphatic rings. The fourth-order valence-corrected chi connectivity index (χ4v) is 3.47. The van der Waals surface area contributed by atoms with Crippen LogP contribution in [0.4, 0.5) is 5.69 Å². The van der Waals surface area contributed by atoms with Crippen molar-refractivity contribution in [1.29, 1.82) is 0 Å². The van der Waals surface area contributed by atoms with Gasteiger partial charge in [0.05, 0.1) is 5.69 Å². The van der Waals surface area contributed by atoms with Crippen molar-refractivity contribution in [2.45, 2.75) is 5.62 Å². The Morgan fingerprint density at radius 2 is 1.62 bits per heavy atom. The number of hydrogen-bond acceptors (Lipinski definition) is 4. The van der Waals surface area contributed by atoms with Crippen molar-refractivity contribution >= 4 is 51.4 Å². The van der Waals surface area contributed by atoms with Gasteiger partial charge in [-0.05, 0) is 12.1 Å². The summed E-state index contributed by atoms with van der Waals surface area (Å²) in [6.45, 7) is 0. The van der Waals surface area contributed by atoms with Gasteiger partial charge in [0.2, 0.25) is 5.62 Å². The number of aliphatic imine (C=N–C) groups is 2. The molecule has 0 spiro atoms. The van der Waals surface area contributed by atoms with Gasteiger partial charge in [0.1, 0.15) is 11.9 Å². The number of alkyl halides is 1. The number of furan rings is 1. The molecule has 0 radical (unpaired) electrons. The van der Waals surface area contributed by atoms with E-state index in [-0.39, 0.29) is 0 Å². The van der Waals surface area contributed by atoms with Crippen molar-refractivity contribution in [2.75, 3.05) is 4.90 Å². The van der Waals surface area contributed by atoms with Gasteiger partial charge < -0.3 is 4.42 Å². The first-order chi connectivity index (χ1) is 12.8. The largest absolute Gasteiger partial charge is 0.454 e. The molecule has 4 nitrogen and oxygen atoms in total. The summed E-state index contributed by atoms with van der Waals surface area (Å²) in [5, 5.41) is 2.13. The molecule has 1 atom stereocenters. The van der Waals surface area contributed by atoms with Crippen LogP contribution in [-0.4, -0.2) is 17.8 Å². The summed E-state index contributed by atoms with van der Waals surface area (Å²) < 4.78 is 6.09. The van der Waals surface area contributed by atoms with E-state index in [1.165, 1.54) is 0 Å². The molecular formula is C21H14ClN3O. The van der Waals surface area contributed by atoms with E-state index in [1.54, 1.807) is 6.34 Å². The average Bonchev–Trinajstić information content (AvgIpc) is 3.08. The molecule has 0 fully saturated rings. The number of benzene rings is 3. The Hall–Kier alpha value is -3.11. The van der Waals surface area contributed by atoms with Crippen LogP contribution in [0.25, 0.3) is 21.9 Å². The van der Waals surface area contributed by atoms with E-state index in [1.807, 2.05) is 71.6 Å². The van der Waals surface area contributed by atoms with Gasteiger partial charge in [-0.1, -0.05) is 72.3 Å². The summed E-state index contributed by atoms with van der Waals surface area (Å²) in [6, 6.07) is 23.8. The van der Waals surface area contributed by atoms with Crippen LogP contribution in [-0.2, 0) is 0 Å². The summed E-state index contributed by atoms with van der Waals surface area (Å²) in [6.07, 6.45) is 1.72. The van der Waals surface area contributed by atoms with E-state index >= 15 is 0 Å². The molecule has 126 valence electrons. The molecule has 0 amide bonds. The summed E-state index contributed by atoms with van der Waals surface area (Å²) >= 11 is 6.57. The molecule has 0 aliphatic carbocycles. The normalized spacial score (nSPS) is 17.0. The number of halogens is 1. The molecule has 5 rings (SSSR count). The molecule has 0 bridgehead atoms. The molecular weight excluding hydrogens is 346 g/mol. The molecule has 1 aliphatic heterocycles. The molecule has 26 heavy (non-hydrogen) atoms. The minimum absolute atomic E-state index is 0.596. The van der Waals surface area contributed by atoms with Crippen molar-refractivity contribution < 1.29 is 4.42 Å². The van der Waals surface area contributed by atoms with Gasteiger partial charge in [-0.15, -0.1) is 0 Å². The maximum Gasteiger partial charge on any atom is 0.205 e. The van der Waals surface area contributed by atoms with Crippen LogP contribution in [0.2, 0.25) is 0 Å². The zero-order chi connectivity index (χ0) is 17.5. The SMILES string of the molecule is ClC1N=C(c2ccccc2)N=CN1c1cccc2c1oc1ccccc12. The summed E-state index contributed by atoms with van der Waals surface area (Å²) in [5.74, 6) is 0.624. The molecule has 0 saturated carbocycles.